The maximum Gasteiger partial charge on any atom is 0.256 e. The predicted molar refractivity (Wildman–Crippen MR) is 73.1 cm³/mol. The minimum absolute atomic E-state index is 0.0412. The highest BCUT2D eigenvalue weighted by molar-refractivity contribution is 6.08. The fourth-order valence-corrected chi connectivity index (χ4v) is 2.52. The van der Waals surface area contributed by atoms with Gasteiger partial charge in [-0.05, 0) is 12.8 Å². The van der Waals surface area contributed by atoms with Gasteiger partial charge in [0.2, 0.25) is 0 Å². The summed E-state index contributed by atoms with van der Waals surface area (Å²) in [6.07, 6.45) is 1.47. The van der Waals surface area contributed by atoms with Gasteiger partial charge in [0.15, 0.2) is 0 Å². The topological polar surface area (TPSA) is 63.4 Å². The Bertz CT molecular complexity index is 666. The van der Waals surface area contributed by atoms with Gasteiger partial charge in [0.25, 0.3) is 5.91 Å². The Kier molecular flexibility index (Phi) is 3.28. The van der Waals surface area contributed by atoms with Crippen LogP contribution in [-0.4, -0.2) is 23.7 Å². The van der Waals surface area contributed by atoms with Gasteiger partial charge in [0.1, 0.15) is 11.6 Å². The van der Waals surface area contributed by atoms with E-state index in [0.29, 0.717) is 10.8 Å². The number of rotatable bonds is 2. The molecule has 1 atom stereocenters. The molecular formula is C15H14FN2O2. The second-order valence-corrected chi connectivity index (χ2v) is 4.84. The predicted octanol–water partition coefficient (Wildman–Crippen LogP) is 2.14. The SMILES string of the molecule is O=C(NC1CCC[N]1)c1c(F)cc(O)c2ccccc12. The molecule has 2 N–H and O–H groups in total. The van der Waals surface area contributed by atoms with E-state index in [0.717, 1.165) is 25.5 Å². The standard InChI is InChI=1S/C15H14FN2O2/c16-11-8-12(19)9-4-1-2-5-10(9)14(11)15(20)18-13-6-3-7-17-13/h1-2,4-5,8,13,19H,3,6-7H2,(H,18,20). The quantitative estimate of drug-likeness (QED) is 0.880. The molecule has 1 unspecified atom stereocenters. The first-order valence-corrected chi connectivity index (χ1v) is 6.54. The van der Waals surface area contributed by atoms with Crippen LogP contribution in [0.5, 0.6) is 5.75 Å². The van der Waals surface area contributed by atoms with Gasteiger partial charge >= 0.3 is 0 Å². The summed E-state index contributed by atoms with van der Waals surface area (Å²) in [4.78, 5) is 12.3. The number of hydrogen-bond acceptors (Lipinski definition) is 2. The Hall–Kier alpha value is -2.14. The summed E-state index contributed by atoms with van der Waals surface area (Å²) < 4.78 is 14.1. The van der Waals surface area contributed by atoms with Crippen LogP contribution in [0.3, 0.4) is 0 Å². The van der Waals surface area contributed by atoms with Crippen LogP contribution in [0, 0.1) is 5.82 Å². The number of carbonyl (C=O) groups excluding carboxylic acids is 1. The maximum absolute atomic E-state index is 14.1. The second-order valence-electron chi connectivity index (χ2n) is 4.84. The fraction of sp³-hybridized carbons (Fsp3) is 0.267. The minimum Gasteiger partial charge on any atom is -0.507 e. The highest BCUT2D eigenvalue weighted by atomic mass is 19.1. The highest BCUT2D eigenvalue weighted by Crippen LogP contribution is 2.30. The lowest BCUT2D eigenvalue weighted by atomic mass is 10.0. The summed E-state index contributed by atoms with van der Waals surface area (Å²) >= 11 is 0. The molecule has 3 rings (SSSR count). The molecule has 103 valence electrons. The number of phenolic OH excluding ortho intramolecular Hbond substituents is 1. The monoisotopic (exact) mass is 273 g/mol. The molecule has 1 heterocycles. The second kappa shape index (κ2) is 5.09. The van der Waals surface area contributed by atoms with Gasteiger partial charge in [0, 0.05) is 23.4 Å². The van der Waals surface area contributed by atoms with Gasteiger partial charge in [-0.15, -0.1) is 0 Å². The van der Waals surface area contributed by atoms with Crippen molar-refractivity contribution in [2.24, 2.45) is 0 Å². The number of amides is 1. The first-order valence-electron chi connectivity index (χ1n) is 6.54. The number of benzene rings is 2. The third-order valence-electron chi connectivity index (χ3n) is 3.48. The van der Waals surface area contributed by atoms with Crippen molar-refractivity contribution in [3.63, 3.8) is 0 Å². The van der Waals surface area contributed by atoms with Crippen molar-refractivity contribution in [2.75, 3.05) is 6.54 Å². The minimum atomic E-state index is -0.725. The smallest absolute Gasteiger partial charge is 0.256 e. The van der Waals surface area contributed by atoms with E-state index < -0.39 is 11.7 Å². The molecule has 1 fully saturated rings. The summed E-state index contributed by atoms with van der Waals surface area (Å²) in [5, 5.41) is 17.6. The molecule has 0 saturated carbocycles. The zero-order valence-electron chi connectivity index (χ0n) is 10.8. The Morgan fingerprint density at radius 1 is 1.35 bits per heavy atom. The third kappa shape index (κ3) is 2.20. The van der Waals surface area contributed by atoms with E-state index in [1.54, 1.807) is 24.3 Å². The summed E-state index contributed by atoms with van der Waals surface area (Å²) in [7, 11) is 0. The van der Waals surface area contributed by atoms with Crippen molar-refractivity contribution < 1.29 is 14.3 Å². The maximum atomic E-state index is 14.1. The van der Waals surface area contributed by atoms with Gasteiger partial charge in [-0.25, -0.2) is 9.71 Å². The van der Waals surface area contributed by atoms with Crippen LogP contribution in [0.25, 0.3) is 10.8 Å². The van der Waals surface area contributed by atoms with Gasteiger partial charge in [-0.1, -0.05) is 24.3 Å². The molecule has 0 aromatic heterocycles. The number of nitrogens with zero attached hydrogens (tertiary/aromatic N) is 1. The molecule has 0 spiro atoms. The van der Waals surface area contributed by atoms with Crippen LogP contribution in [0.1, 0.15) is 23.2 Å². The molecule has 0 aliphatic carbocycles. The van der Waals surface area contributed by atoms with Gasteiger partial charge < -0.3 is 10.4 Å². The summed E-state index contributed by atoms with van der Waals surface area (Å²) in [5.74, 6) is -1.38. The number of nitrogens with one attached hydrogen (secondary N) is 1. The first-order chi connectivity index (χ1) is 9.66. The number of aromatic hydroxyl groups is 1. The van der Waals surface area contributed by atoms with E-state index in [1.165, 1.54) is 0 Å². The molecule has 1 amide bonds. The molecule has 20 heavy (non-hydrogen) atoms. The molecule has 1 aliphatic heterocycles. The lowest BCUT2D eigenvalue weighted by Crippen LogP contribution is -2.38. The largest absolute Gasteiger partial charge is 0.507 e. The zero-order chi connectivity index (χ0) is 14.1. The van der Waals surface area contributed by atoms with Crippen molar-refractivity contribution in [1.82, 2.24) is 10.6 Å². The van der Waals surface area contributed by atoms with Crippen LogP contribution >= 0.6 is 0 Å². The molecule has 1 aliphatic rings. The van der Waals surface area contributed by atoms with Crippen molar-refractivity contribution in [3.8, 4) is 5.75 Å². The number of carbonyl (C=O) groups is 1. The van der Waals surface area contributed by atoms with Crippen LogP contribution in [0.15, 0.2) is 30.3 Å². The van der Waals surface area contributed by atoms with E-state index in [2.05, 4.69) is 10.6 Å². The molecular weight excluding hydrogens is 259 g/mol. The van der Waals surface area contributed by atoms with Gasteiger partial charge in [-0.3, -0.25) is 4.79 Å². The fourth-order valence-electron chi connectivity index (χ4n) is 2.52. The Labute approximate surface area is 115 Å². The molecule has 1 saturated heterocycles. The number of phenols is 1. The normalized spacial score (nSPS) is 18.4. The number of hydrogen-bond donors (Lipinski definition) is 2. The van der Waals surface area contributed by atoms with Gasteiger partial charge in [-0.2, -0.15) is 0 Å². The lowest BCUT2D eigenvalue weighted by Gasteiger charge is -2.14. The Balaban J connectivity index is 2.03. The van der Waals surface area contributed by atoms with Crippen LogP contribution in [0.2, 0.25) is 0 Å². The summed E-state index contributed by atoms with van der Waals surface area (Å²) in [6.45, 7) is 0.726. The van der Waals surface area contributed by atoms with Crippen molar-refractivity contribution >= 4 is 16.7 Å². The molecule has 1 radical (unpaired) electrons. The average Bonchev–Trinajstić information content (AvgIpc) is 2.91. The van der Waals surface area contributed by atoms with E-state index in [1.807, 2.05) is 0 Å². The summed E-state index contributed by atoms with van der Waals surface area (Å²) in [5.41, 5.74) is -0.0412. The van der Waals surface area contributed by atoms with Crippen molar-refractivity contribution in [1.29, 1.82) is 0 Å². The zero-order valence-corrected chi connectivity index (χ0v) is 10.8. The molecule has 4 nitrogen and oxygen atoms in total. The Morgan fingerprint density at radius 3 is 2.80 bits per heavy atom. The third-order valence-corrected chi connectivity index (χ3v) is 3.48. The first kappa shape index (κ1) is 12.9. The van der Waals surface area contributed by atoms with Crippen molar-refractivity contribution in [3.05, 3.63) is 41.7 Å². The molecule has 2 aromatic carbocycles. The average molecular weight is 273 g/mol. The van der Waals surface area contributed by atoms with Crippen molar-refractivity contribution in [2.45, 2.75) is 19.0 Å². The van der Waals surface area contributed by atoms with Gasteiger partial charge in [0.05, 0.1) is 11.7 Å². The number of fused-ring (bicyclic) bond motifs is 1. The van der Waals surface area contributed by atoms with E-state index in [-0.39, 0.29) is 17.5 Å². The molecule has 2 aromatic rings. The van der Waals surface area contributed by atoms with E-state index in [4.69, 9.17) is 0 Å². The molecule has 0 bridgehead atoms. The van der Waals surface area contributed by atoms with E-state index >= 15 is 0 Å². The lowest BCUT2D eigenvalue weighted by molar-refractivity contribution is 0.0931. The van der Waals surface area contributed by atoms with E-state index in [9.17, 15) is 14.3 Å². The van der Waals surface area contributed by atoms with Crippen LogP contribution in [0.4, 0.5) is 4.39 Å². The van der Waals surface area contributed by atoms with Crippen LogP contribution < -0.4 is 10.6 Å². The Morgan fingerprint density at radius 2 is 2.10 bits per heavy atom. The number of halogens is 1. The highest BCUT2D eigenvalue weighted by Gasteiger charge is 2.23. The summed E-state index contributed by atoms with van der Waals surface area (Å²) in [6, 6.07) is 7.69. The van der Waals surface area contributed by atoms with Crippen LogP contribution in [-0.2, 0) is 0 Å². The molecule has 5 heteroatoms.